The quantitative estimate of drug-likeness (QED) is 0.398. The number of nitrogens with one attached hydrogen (secondary N) is 1. The molecule has 0 saturated carbocycles. The second-order valence-corrected chi connectivity index (χ2v) is 8.54. The molecule has 4 aliphatic heterocycles. The summed E-state index contributed by atoms with van der Waals surface area (Å²) in [6.07, 6.45) is 6.33. The lowest BCUT2D eigenvalue weighted by atomic mass is 9.82. The van der Waals surface area contributed by atoms with E-state index in [9.17, 15) is 0 Å². The summed E-state index contributed by atoms with van der Waals surface area (Å²) in [4.78, 5) is 9.69. The van der Waals surface area contributed by atoms with E-state index < -0.39 is 0 Å². The zero-order valence-electron chi connectivity index (χ0n) is 16.0. The Hall–Kier alpha value is -0.0800. The number of nitrogens with zero attached hydrogens (tertiary/aromatic N) is 3. The monoisotopic (exact) mass is 462 g/mol. The summed E-state index contributed by atoms with van der Waals surface area (Å²) >= 11 is 0. The first-order chi connectivity index (χ1) is 11.7. The van der Waals surface area contributed by atoms with Gasteiger partial charge >= 0.3 is 0 Å². The summed E-state index contributed by atoms with van der Waals surface area (Å²) in [6.45, 7) is 10.5. The molecule has 6 unspecified atom stereocenters. The number of aliphatic imine (C=N–C) groups is 1. The fourth-order valence-corrected chi connectivity index (χ4v) is 5.46. The van der Waals surface area contributed by atoms with Gasteiger partial charge in [0.2, 0.25) is 0 Å². The highest BCUT2D eigenvalue weighted by Gasteiger charge is 2.53. The minimum Gasteiger partial charge on any atom is -0.374 e. The van der Waals surface area contributed by atoms with Gasteiger partial charge in [-0.2, -0.15) is 0 Å². The maximum atomic E-state index is 6.09. The summed E-state index contributed by atoms with van der Waals surface area (Å²) < 4.78 is 6.09. The van der Waals surface area contributed by atoms with Gasteiger partial charge < -0.3 is 15.0 Å². The predicted octanol–water partition coefficient (Wildman–Crippen LogP) is 2.41. The van der Waals surface area contributed by atoms with E-state index >= 15 is 0 Å². The summed E-state index contributed by atoms with van der Waals surface area (Å²) in [6, 6.07) is 0.575. The third-order valence-corrected chi connectivity index (χ3v) is 6.83. The van der Waals surface area contributed by atoms with Crippen molar-refractivity contribution in [2.24, 2.45) is 22.7 Å². The van der Waals surface area contributed by atoms with Crippen molar-refractivity contribution in [3.8, 4) is 0 Å². The van der Waals surface area contributed by atoms with Crippen LogP contribution in [0.2, 0.25) is 0 Å². The van der Waals surface area contributed by atoms with Crippen LogP contribution in [0, 0.1) is 17.8 Å². The number of hydrogen-bond acceptors (Lipinski definition) is 3. The van der Waals surface area contributed by atoms with Crippen molar-refractivity contribution in [2.45, 2.75) is 57.8 Å². The van der Waals surface area contributed by atoms with Gasteiger partial charge in [-0.25, -0.2) is 0 Å². The van der Waals surface area contributed by atoms with Crippen molar-refractivity contribution in [3.05, 3.63) is 0 Å². The van der Waals surface area contributed by atoms with Crippen molar-refractivity contribution in [3.63, 3.8) is 0 Å². The third kappa shape index (κ3) is 3.95. The Balaban J connectivity index is 0.00000182. The van der Waals surface area contributed by atoms with Crippen LogP contribution in [0.25, 0.3) is 0 Å². The number of rotatable bonds is 3. The molecule has 0 spiro atoms. The Kier molecular flexibility index (Phi) is 6.53. The second kappa shape index (κ2) is 8.30. The lowest BCUT2D eigenvalue weighted by molar-refractivity contribution is 0.0766. The maximum absolute atomic E-state index is 6.09. The fraction of sp³-hybridized carbons (Fsp3) is 0.947. The summed E-state index contributed by atoms with van der Waals surface area (Å²) in [5, 5.41) is 3.66. The molecule has 0 aromatic rings. The van der Waals surface area contributed by atoms with Gasteiger partial charge in [-0.05, 0) is 45.1 Å². The largest absolute Gasteiger partial charge is 0.374 e. The van der Waals surface area contributed by atoms with Crippen molar-refractivity contribution < 1.29 is 4.74 Å². The van der Waals surface area contributed by atoms with Crippen molar-refractivity contribution in [1.82, 2.24) is 15.1 Å². The smallest absolute Gasteiger partial charge is 0.193 e. The number of fused-ring (bicyclic) bond motifs is 5. The highest BCUT2D eigenvalue weighted by molar-refractivity contribution is 14.0. The number of ether oxygens (including phenoxy) is 1. The van der Waals surface area contributed by atoms with Crippen LogP contribution in [-0.4, -0.2) is 73.8 Å². The number of guanidine groups is 1. The normalized spacial score (nSPS) is 39.2. The van der Waals surface area contributed by atoms with Gasteiger partial charge in [0.25, 0.3) is 0 Å². The summed E-state index contributed by atoms with van der Waals surface area (Å²) in [7, 11) is 1.93. The van der Waals surface area contributed by atoms with E-state index in [0.29, 0.717) is 18.2 Å². The molecule has 4 saturated heterocycles. The Morgan fingerprint density at radius 2 is 1.84 bits per heavy atom. The molecular weight excluding hydrogens is 427 g/mol. The van der Waals surface area contributed by atoms with E-state index in [1.165, 1.54) is 38.8 Å². The van der Waals surface area contributed by atoms with Crippen LogP contribution in [-0.2, 0) is 4.74 Å². The lowest BCUT2D eigenvalue weighted by Gasteiger charge is -2.36. The van der Waals surface area contributed by atoms with Gasteiger partial charge in [0.15, 0.2) is 5.96 Å². The van der Waals surface area contributed by atoms with E-state index in [0.717, 1.165) is 43.3 Å². The number of hydrogen-bond donors (Lipinski definition) is 1. The first kappa shape index (κ1) is 19.7. The number of halogens is 1. The Labute approximate surface area is 170 Å². The zero-order valence-corrected chi connectivity index (χ0v) is 18.3. The van der Waals surface area contributed by atoms with Crippen LogP contribution in [0.1, 0.15) is 39.5 Å². The van der Waals surface area contributed by atoms with Crippen molar-refractivity contribution in [1.29, 1.82) is 0 Å². The molecule has 0 amide bonds. The molecule has 2 bridgehead atoms. The lowest BCUT2D eigenvalue weighted by Crippen LogP contribution is -2.49. The van der Waals surface area contributed by atoms with Gasteiger partial charge in [0, 0.05) is 51.1 Å². The average Bonchev–Trinajstić information content (AvgIpc) is 3.28. The average molecular weight is 462 g/mol. The molecule has 0 radical (unpaired) electrons. The van der Waals surface area contributed by atoms with Crippen LogP contribution in [0.3, 0.4) is 0 Å². The first-order valence-corrected chi connectivity index (χ1v) is 10.0. The number of piperidine rings is 1. The van der Waals surface area contributed by atoms with Crippen LogP contribution in [0.4, 0.5) is 0 Å². The predicted molar refractivity (Wildman–Crippen MR) is 113 cm³/mol. The van der Waals surface area contributed by atoms with E-state index in [2.05, 4.69) is 34.0 Å². The summed E-state index contributed by atoms with van der Waals surface area (Å²) in [5.41, 5.74) is 0. The zero-order chi connectivity index (χ0) is 16.7. The molecule has 0 aromatic heterocycles. The Bertz CT molecular complexity index is 470. The highest BCUT2D eigenvalue weighted by atomic mass is 127. The van der Waals surface area contributed by atoms with Crippen molar-refractivity contribution in [2.75, 3.05) is 39.8 Å². The van der Waals surface area contributed by atoms with Crippen LogP contribution < -0.4 is 5.32 Å². The minimum atomic E-state index is 0. The fourth-order valence-electron chi connectivity index (χ4n) is 5.46. The van der Waals surface area contributed by atoms with Gasteiger partial charge in [0.05, 0.1) is 12.2 Å². The van der Waals surface area contributed by atoms with E-state index in [-0.39, 0.29) is 24.0 Å². The molecule has 0 aliphatic carbocycles. The number of likely N-dealkylation sites (tertiary alicyclic amines) is 2. The molecule has 4 heterocycles. The maximum Gasteiger partial charge on any atom is 0.193 e. The van der Waals surface area contributed by atoms with Crippen LogP contribution >= 0.6 is 24.0 Å². The highest BCUT2D eigenvalue weighted by Crippen LogP contribution is 2.47. The van der Waals surface area contributed by atoms with Crippen molar-refractivity contribution >= 4 is 29.9 Å². The standard InChI is InChI=1S/C19H34N4O.HI/c1-13-5-4-8-22(10-13)14(2)9-21-19(20-3)23-11-15-16(12-23)18-7-6-17(15)24-18;/h13-18H,4-12H2,1-3H3,(H,20,21);1H. The Morgan fingerprint density at radius 3 is 2.44 bits per heavy atom. The molecule has 144 valence electrons. The van der Waals surface area contributed by atoms with Crippen LogP contribution in [0.5, 0.6) is 0 Å². The second-order valence-electron chi connectivity index (χ2n) is 8.54. The topological polar surface area (TPSA) is 40.1 Å². The SMILES string of the molecule is CN=C(NCC(C)N1CCCC(C)C1)N1CC2C3CCC(O3)C2C1.I. The minimum absolute atomic E-state index is 0. The molecule has 4 fully saturated rings. The molecule has 5 nitrogen and oxygen atoms in total. The molecular formula is C19H35IN4O. The third-order valence-electron chi connectivity index (χ3n) is 6.83. The molecule has 1 N–H and O–H groups in total. The van der Waals surface area contributed by atoms with E-state index in [1.54, 1.807) is 0 Å². The summed E-state index contributed by atoms with van der Waals surface area (Å²) in [5.74, 6) is 3.42. The van der Waals surface area contributed by atoms with Gasteiger partial charge in [-0.1, -0.05) is 6.92 Å². The van der Waals surface area contributed by atoms with E-state index in [4.69, 9.17) is 4.74 Å². The molecule has 6 atom stereocenters. The molecule has 0 aromatic carbocycles. The van der Waals surface area contributed by atoms with Gasteiger partial charge in [0.1, 0.15) is 0 Å². The van der Waals surface area contributed by atoms with E-state index in [1.807, 2.05) is 7.05 Å². The Morgan fingerprint density at radius 1 is 1.16 bits per heavy atom. The first-order valence-electron chi connectivity index (χ1n) is 10.0. The van der Waals surface area contributed by atoms with Gasteiger partial charge in [-0.15, -0.1) is 24.0 Å². The van der Waals surface area contributed by atoms with Crippen LogP contribution in [0.15, 0.2) is 4.99 Å². The van der Waals surface area contributed by atoms with Gasteiger partial charge in [-0.3, -0.25) is 9.89 Å². The molecule has 25 heavy (non-hydrogen) atoms. The molecule has 6 heteroatoms. The molecule has 4 aliphatic rings. The molecule has 4 rings (SSSR count).